The van der Waals surface area contributed by atoms with E-state index in [1.165, 1.54) is 8.61 Å². The van der Waals surface area contributed by atoms with Gasteiger partial charge in [-0.3, -0.25) is 0 Å². The van der Waals surface area contributed by atoms with Gasteiger partial charge >= 0.3 is 0 Å². The molecule has 1 aliphatic rings. The van der Waals surface area contributed by atoms with E-state index in [1.54, 1.807) is 20.3 Å². The number of hydrogen-bond acceptors (Lipinski definition) is 5. The SMILES string of the molecule is CN(C)S(=O)(=O)N1CCC(Oc2cnc3ccccc3n2)CC1. The summed E-state index contributed by atoms with van der Waals surface area (Å²) in [4.78, 5) is 8.76. The summed E-state index contributed by atoms with van der Waals surface area (Å²) in [6.45, 7) is 0.901. The van der Waals surface area contributed by atoms with Crippen molar-refractivity contribution in [2.75, 3.05) is 27.2 Å². The standard InChI is InChI=1S/C15H20N4O3S/c1-18(2)23(20,21)19-9-7-12(8-10-19)22-15-11-16-13-5-3-4-6-14(13)17-15/h3-6,11-12H,7-10H2,1-2H3. The number of piperidine rings is 1. The number of ether oxygens (including phenoxy) is 1. The van der Waals surface area contributed by atoms with Crippen molar-refractivity contribution in [2.45, 2.75) is 18.9 Å². The molecular formula is C15H20N4O3S. The van der Waals surface area contributed by atoms with Crippen LogP contribution in [0.5, 0.6) is 5.88 Å². The van der Waals surface area contributed by atoms with Gasteiger partial charge in [-0.25, -0.2) is 9.97 Å². The lowest BCUT2D eigenvalue weighted by molar-refractivity contribution is 0.128. The molecule has 23 heavy (non-hydrogen) atoms. The Bertz CT molecular complexity index is 786. The molecule has 0 N–H and O–H groups in total. The molecule has 0 amide bonds. The minimum absolute atomic E-state index is 0.0425. The maximum absolute atomic E-state index is 12.1. The highest BCUT2D eigenvalue weighted by atomic mass is 32.2. The Kier molecular flexibility index (Phi) is 4.47. The molecule has 124 valence electrons. The maximum atomic E-state index is 12.1. The Balaban J connectivity index is 1.64. The van der Waals surface area contributed by atoms with Gasteiger partial charge in [-0.05, 0) is 25.0 Å². The van der Waals surface area contributed by atoms with Crippen LogP contribution in [0.1, 0.15) is 12.8 Å². The van der Waals surface area contributed by atoms with Crippen LogP contribution >= 0.6 is 0 Å². The molecule has 3 rings (SSSR count). The van der Waals surface area contributed by atoms with Crippen molar-refractivity contribution < 1.29 is 13.2 Å². The molecule has 0 spiro atoms. The molecule has 8 heteroatoms. The molecular weight excluding hydrogens is 316 g/mol. The molecule has 1 aromatic carbocycles. The van der Waals surface area contributed by atoms with Gasteiger partial charge in [0.1, 0.15) is 6.10 Å². The molecule has 1 aliphatic heterocycles. The first-order valence-corrected chi connectivity index (χ1v) is 8.92. The van der Waals surface area contributed by atoms with Crippen molar-refractivity contribution in [1.82, 2.24) is 18.6 Å². The van der Waals surface area contributed by atoms with E-state index in [9.17, 15) is 8.42 Å². The predicted octanol–water partition coefficient (Wildman–Crippen LogP) is 1.28. The summed E-state index contributed by atoms with van der Waals surface area (Å²) in [6.07, 6.45) is 2.85. The third kappa shape index (κ3) is 3.44. The zero-order valence-electron chi connectivity index (χ0n) is 13.2. The van der Waals surface area contributed by atoms with Crippen LogP contribution in [-0.2, 0) is 10.2 Å². The molecule has 1 saturated heterocycles. The van der Waals surface area contributed by atoms with Crippen LogP contribution in [0.15, 0.2) is 30.5 Å². The van der Waals surface area contributed by atoms with Gasteiger partial charge in [-0.15, -0.1) is 0 Å². The first-order valence-electron chi connectivity index (χ1n) is 7.53. The Labute approximate surface area is 136 Å². The van der Waals surface area contributed by atoms with Crippen molar-refractivity contribution >= 4 is 21.2 Å². The van der Waals surface area contributed by atoms with Crippen molar-refractivity contribution in [3.63, 3.8) is 0 Å². The van der Waals surface area contributed by atoms with Crippen molar-refractivity contribution in [1.29, 1.82) is 0 Å². The summed E-state index contributed by atoms with van der Waals surface area (Å²) in [6, 6.07) is 7.61. The number of para-hydroxylation sites is 2. The van der Waals surface area contributed by atoms with Crippen LogP contribution in [0.2, 0.25) is 0 Å². The summed E-state index contributed by atoms with van der Waals surface area (Å²) >= 11 is 0. The van der Waals surface area contributed by atoms with E-state index >= 15 is 0 Å². The summed E-state index contributed by atoms with van der Waals surface area (Å²) in [5.41, 5.74) is 1.62. The minimum Gasteiger partial charge on any atom is -0.473 e. The topological polar surface area (TPSA) is 75.6 Å². The van der Waals surface area contributed by atoms with Gasteiger partial charge in [0.15, 0.2) is 0 Å². The molecule has 0 aliphatic carbocycles. The van der Waals surface area contributed by atoms with Gasteiger partial charge in [-0.2, -0.15) is 17.0 Å². The zero-order valence-corrected chi connectivity index (χ0v) is 14.0. The van der Waals surface area contributed by atoms with Crippen LogP contribution in [0.4, 0.5) is 0 Å². The van der Waals surface area contributed by atoms with Crippen molar-refractivity contribution in [3.05, 3.63) is 30.5 Å². The number of fused-ring (bicyclic) bond motifs is 1. The number of benzene rings is 1. The van der Waals surface area contributed by atoms with E-state index in [0.717, 1.165) is 11.0 Å². The molecule has 0 radical (unpaired) electrons. The number of aromatic nitrogens is 2. The summed E-state index contributed by atoms with van der Waals surface area (Å²) in [7, 11) is -0.253. The summed E-state index contributed by atoms with van der Waals surface area (Å²) < 4.78 is 32.8. The number of nitrogens with zero attached hydrogens (tertiary/aromatic N) is 4. The lowest BCUT2D eigenvalue weighted by Gasteiger charge is -2.32. The van der Waals surface area contributed by atoms with Crippen LogP contribution in [0.25, 0.3) is 11.0 Å². The molecule has 7 nitrogen and oxygen atoms in total. The van der Waals surface area contributed by atoms with Gasteiger partial charge in [0.2, 0.25) is 5.88 Å². The van der Waals surface area contributed by atoms with Crippen LogP contribution in [0, 0.1) is 0 Å². The molecule has 0 unspecified atom stereocenters. The Morgan fingerprint density at radius 2 is 1.83 bits per heavy atom. The first-order chi connectivity index (χ1) is 11.0. The van der Waals surface area contributed by atoms with Gasteiger partial charge in [-0.1, -0.05) is 12.1 Å². The van der Waals surface area contributed by atoms with Gasteiger partial charge < -0.3 is 4.74 Å². The monoisotopic (exact) mass is 336 g/mol. The van der Waals surface area contributed by atoms with Gasteiger partial charge in [0.25, 0.3) is 10.2 Å². The highest BCUT2D eigenvalue weighted by Crippen LogP contribution is 2.21. The number of hydrogen-bond donors (Lipinski definition) is 0. The third-order valence-corrected chi connectivity index (χ3v) is 5.84. The third-order valence-electron chi connectivity index (χ3n) is 3.90. The van der Waals surface area contributed by atoms with E-state index in [2.05, 4.69) is 9.97 Å². The smallest absolute Gasteiger partial charge is 0.281 e. The Morgan fingerprint density at radius 3 is 2.48 bits per heavy atom. The molecule has 2 aromatic rings. The highest BCUT2D eigenvalue weighted by Gasteiger charge is 2.30. The van der Waals surface area contributed by atoms with E-state index in [4.69, 9.17) is 4.74 Å². The van der Waals surface area contributed by atoms with Gasteiger partial charge in [0.05, 0.1) is 17.2 Å². The second kappa shape index (κ2) is 6.38. The highest BCUT2D eigenvalue weighted by molar-refractivity contribution is 7.86. The quantitative estimate of drug-likeness (QED) is 0.841. The van der Waals surface area contributed by atoms with Crippen molar-refractivity contribution in [2.24, 2.45) is 0 Å². The van der Waals surface area contributed by atoms with E-state index in [-0.39, 0.29) is 6.10 Å². The second-order valence-electron chi connectivity index (χ2n) is 5.70. The molecule has 0 atom stereocenters. The Hall–Kier alpha value is -1.77. The number of rotatable bonds is 4. The first kappa shape index (κ1) is 16.1. The van der Waals surface area contributed by atoms with Gasteiger partial charge in [0, 0.05) is 27.2 Å². The van der Waals surface area contributed by atoms with Crippen LogP contribution in [-0.4, -0.2) is 60.3 Å². The second-order valence-corrected chi connectivity index (χ2v) is 7.85. The van der Waals surface area contributed by atoms with E-state index < -0.39 is 10.2 Å². The average Bonchev–Trinajstić information content (AvgIpc) is 2.55. The van der Waals surface area contributed by atoms with Crippen LogP contribution in [0.3, 0.4) is 0 Å². The molecule has 1 aromatic heterocycles. The normalized spacial score (nSPS) is 17.7. The van der Waals surface area contributed by atoms with Crippen LogP contribution < -0.4 is 4.74 Å². The lowest BCUT2D eigenvalue weighted by Crippen LogP contribution is -2.46. The Morgan fingerprint density at radius 1 is 1.17 bits per heavy atom. The van der Waals surface area contributed by atoms with E-state index in [0.29, 0.717) is 31.8 Å². The zero-order chi connectivity index (χ0) is 16.4. The fourth-order valence-corrected chi connectivity index (χ4v) is 3.71. The molecule has 2 heterocycles. The fourth-order valence-electron chi connectivity index (χ4n) is 2.58. The minimum atomic E-state index is -3.34. The average molecular weight is 336 g/mol. The fraction of sp³-hybridized carbons (Fsp3) is 0.467. The largest absolute Gasteiger partial charge is 0.473 e. The maximum Gasteiger partial charge on any atom is 0.281 e. The summed E-state index contributed by atoms with van der Waals surface area (Å²) in [5.74, 6) is 0.484. The predicted molar refractivity (Wildman–Crippen MR) is 87.4 cm³/mol. The molecule has 0 bridgehead atoms. The molecule has 1 fully saturated rings. The lowest BCUT2D eigenvalue weighted by atomic mass is 10.1. The summed E-state index contributed by atoms with van der Waals surface area (Å²) in [5, 5.41) is 0. The molecule has 0 saturated carbocycles. The van der Waals surface area contributed by atoms with E-state index in [1.807, 2.05) is 24.3 Å². The van der Waals surface area contributed by atoms with Crippen molar-refractivity contribution in [3.8, 4) is 5.88 Å².